The van der Waals surface area contributed by atoms with Gasteiger partial charge in [-0.25, -0.2) is 0 Å². The summed E-state index contributed by atoms with van der Waals surface area (Å²) in [5.41, 5.74) is 1.22. The Kier molecular flexibility index (Phi) is 3.15. The highest BCUT2D eigenvalue weighted by atomic mass is 32.1. The van der Waals surface area contributed by atoms with Gasteiger partial charge in [-0.15, -0.1) is 11.3 Å². The number of aryl methyl sites for hydroxylation is 1. The van der Waals surface area contributed by atoms with Gasteiger partial charge in [-0.3, -0.25) is 4.79 Å². The Bertz CT molecular complexity index is 252. The predicted octanol–water partition coefficient (Wildman–Crippen LogP) is 2.42. The van der Waals surface area contributed by atoms with E-state index in [0.29, 0.717) is 0 Å². The highest BCUT2D eigenvalue weighted by Crippen LogP contribution is 2.15. The molecular weight excluding hydrogens is 176 g/mol. The molecule has 0 unspecified atom stereocenters. The van der Waals surface area contributed by atoms with Crippen molar-refractivity contribution in [3.8, 4) is 0 Å². The van der Waals surface area contributed by atoms with E-state index in [2.05, 4.69) is 12.6 Å². The molecule has 1 heterocycles. The minimum absolute atomic E-state index is 0.153. The maximum atomic E-state index is 10.9. The van der Waals surface area contributed by atoms with Crippen LogP contribution < -0.4 is 0 Å². The van der Waals surface area contributed by atoms with Crippen LogP contribution >= 0.6 is 24.0 Å². The Balaban J connectivity index is 2.73. The fourth-order valence-electron chi connectivity index (χ4n) is 0.820. The summed E-state index contributed by atoms with van der Waals surface area (Å²) < 4.78 is 0. The Morgan fingerprint density at radius 2 is 2.45 bits per heavy atom. The van der Waals surface area contributed by atoms with Crippen molar-refractivity contribution in [3.05, 3.63) is 21.9 Å². The van der Waals surface area contributed by atoms with Crippen LogP contribution in [0.4, 0.5) is 0 Å². The molecule has 0 saturated heterocycles. The van der Waals surface area contributed by atoms with Crippen LogP contribution in [0.3, 0.4) is 0 Å². The van der Waals surface area contributed by atoms with E-state index in [9.17, 15) is 4.79 Å². The minimum atomic E-state index is 0.153. The van der Waals surface area contributed by atoms with Gasteiger partial charge in [-0.1, -0.05) is 0 Å². The Labute approximate surface area is 75.8 Å². The molecule has 0 aliphatic heterocycles. The van der Waals surface area contributed by atoms with Gasteiger partial charge in [0.1, 0.15) is 0 Å². The van der Waals surface area contributed by atoms with E-state index in [1.54, 1.807) is 6.92 Å². The molecule has 11 heavy (non-hydrogen) atoms. The molecule has 0 N–H and O–H groups in total. The summed E-state index contributed by atoms with van der Waals surface area (Å²) in [6.45, 7) is 1.59. The molecule has 1 nitrogen and oxygen atoms in total. The van der Waals surface area contributed by atoms with Gasteiger partial charge in [0.25, 0.3) is 0 Å². The van der Waals surface area contributed by atoms with Crippen LogP contribution in [0.25, 0.3) is 0 Å². The third-order valence-corrected chi connectivity index (χ3v) is 2.70. The zero-order valence-corrected chi connectivity index (χ0v) is 8.04. The van der Waals surface area contributed by atoms with Crippen molar-refractivity contribution in [3.63, 3.8) is 0 Å². The van der Waals surface area contributed by atoms with Gasteiger partial charge < -0.3 is 0 Å². The van der Waals surface area contributed by atoms with Gasteiger partial charge >= 0.3 is 0 Å². The first-order chi connectivity index (χ1) is 5.24. The molecule has 3 heteroatoms. The van der Waals surface area contributed by atoms with Crippen molar-refractivity contribution in [2.24, 2.45) is 0 Å². The molecule has 0 aliphatic carbocycles. The first-order valence-corrected chi connectivity index (χ1v) is 4.94. The summed E-state index contributed by atoms with van der Waals surface area (Å²) in [4.78, 5) is 11.7. The zero-order valence-electron chi connectivity index (χ0n) is 6.33. The highest BCUT2D eigenvalue weighted by Gasteiger charge is 2.02. The van der Waals surface area contributed by atoms with E-state index in [4.69, 9.17) is 0 Å². The van der Waals surface area contributed by atoms with Crippen LogP contribution in [0.15, 0.2) is 11.4 Å². The Morgan fingerprint density at radius 3 is 2.91 bits per heavy atom. The fourth-order valence-corrected chi connectivity index (χ4v) is 1.93. The second-order valence-electron chi connectivity index (χ2n) is 2.35. The molecule has 0 spiro atoms. The van der Waals surface area contributed by atoms with Crippen LogP contribution in [0.1, 0.15) is 22.2 Å². The van der Waals surface area contributed by atoms with Crippen molar-refractivity contribution in [2.75, 3.05) is 5.75 Å². The number of carbonyl (C=O) groups is 1. The van der Waals surface area contributed by atoms with Crippen LogP contribution in [0.2, 0.25) is 0 Å². The molecule has 0 atom stereocenters. The Hall–Kier alpha value is -0.280. The van der Waals surface area contributed by atoms with Gasteiger partial charge in [-0.05, 0) is 36.1 Å². The van der Waals surface area contributed by atoms with Gasteiger partial charge in [-0.2, -0.15) is 12.6 Å². The summed E-state index contributed by atoms with van der Waals surface area (Å²) in [6, 6.07) is 1.95. The second kappa shape index (κ2) is 3.93. The summed E-state index contributed by atoms with van der Waals surface area (Å²) in [7, 11) is 0. The largest absolute Gasteiger partial charge is 0.294 e. The van der Waals surface area contributed by atoms with E-state index in [0.717, 1.165) is 17.1 Å². The predicted molar refractivity (Wildman–Crippen MR) is 51.9 cm³/mol. The van der Waals surface area contributed by atoms with E-state index in [1.807, 2.05) is 11.4 Å². The van der Waals surface area contributed by atoms with Gasteiger partial charge in [0.15, 0.2) is 5.78 Å². The van der Waals surface area contributed by atoms with Crippen LogP contribution in [-0.4, -0.2) is 11.5 Å². The molecule has 0 fully saturated rings. The smallest absolute Gasteiger partial charge is 0.169 e. The molecule has 60 valence electrons. The molecule has 0 aliphatic rings. The maximum Gasteiger partial charge on any atom is 0.169 e. The van der Waals surface area contributed by atoms with E-state index in [1.165, 1.54) is 16.9 Å². The number of rotatable bonds is 3. The zero-order chi connectivity index (χ0) is 8.27. The van der Waals surface area contributed by atoms with E-state index in [-0.39, 0.29) is 5.78 Å². The second-order valence-corrected chi connectivity index (χ2v) is 3.71. The van der Waals surface area contributed by atoms with Crippen molar-refractivity contribution in [2.45, 2.75) is 13.3 Å². The van der Waals surface area contributed by atoms with Gasteiger partial charge in [0, 0.05) is 0 Å². The Morgan fingerprint density at radius 1 is 1.73 bits per heavy atom. The standard InChI is InChI=1S/C8H10OS2/c1-6(9)8-4-7(2-3-10)5-11-8/h4-5,10H,2-3H2,1H3. The van der Waals surface area contributed by atoms with Gasteiger partial charge in [0.05, 0.1) is 4.88 Å². The SMILES string of the molecule is CC(=O)c1cc(CCS)cs1. The molecule has 0 radical (unpaired) electrons. The maximum absolute atomic E-state index is 10.9. The number of hydrogen-bond donors (Lipinski definition) is 1. The quantitative estimate of drug-likeness (QED) is 0.566. The monoisotopic (exact) mass is 186 g/mol. The van der Waals surface area contributed by atoms with Crippen LogP contribution in [0, 0.1) is 0 Å². The van der Waals surface area contributed by atoms with Crippen molar-refractivity contribution >= 4 is 29.7 Å². The first kappa shape index (κ1) is 8.81. The average Bonchev–Trinajstić information content (AvgIpc) is 2.37. The highest BCUT2D eigenvalue weighted by molar-refractivity contribution is 7.80. The molecule has 0 saturated carbocycles. The van der Waals surface area contributed by atoms with Gasteiger partial charge in [0.2, 0.25) is 0 Å². The fraction of sp³-hybridized carbons (Fsp3) is 0.375. The number of ketones is 1. The summed E-state index contributed by atoms with van der Waals surface area (Å²) in [6.07, 6.45) is 0.951. The van der Waals surface area contributed by atoms with Crippen molar-refractivity contribution < 1.29 is 4.79 Å². The molecule has 1 rings (SSSR count). The lowest BCUT2D eigenvalue weighted by atomic mass is 10.2. The lowest BCUT2D eigenvalue weighted by Gasteiger charge is -1.87. The van der Waals surface area contributed by atoms with E-state index >= 15 is 0 Å². The lowest BCUT2D eigenvalue weighted by Crippen LogP contribution is -1.86. The number of thiol groups is 1. The minimum Gasteiger partial charge on any atom is -0.294 e. The third-order valence-electron chi connectivity index (χ3n) is 1.40. The van der Waals surface area contributed by atoms with Crippen LogP contribution in [-0.2, 0) is 6.42 Å². The molecule has 0 amide bonds. The summed E-state index contributed by atoms with van der Waals surface area (Å²) >= 11 is 5.63. The topological polar surface area (TPSA) is 17.1 Å². The summed E-state index contributed by atoms with van der Waals surface area (Å²) in [5.74, 6) is 0.995. The van der Waals surface area contributed by atoms with Crippen molar-refractivity contribution in [1.29, 1.82) is 0 Å². The number of carbonyl (C=O) groups excluding carboxylic acids is 1. The molecule has 0 aromatic carbocycles. The molecule has 0 bridgehead atoms. The normalized spacial score (nSPS) is 10.0. The number of thiophene rings is 1. The van der Waals surface area contributed by atoms with Crippen LogP contribution in [0.5, 0.6) is 0 Å². The first-order valence-electron chi connectivity index (χ1n) is 3.43. The lowest BCUT2D eigenvalue weighted by molar-refractivity contribution is 0.102. The number of hydrogen-bond acceptors (Lipinski definition) is 3. The third kappa shape index (κ3) is 2.34. The molecular formula is C8H10OS2. The molecule has 1 aromatic rings. The average molecular weight is 186 g/mol. The van der Waals surface area contributed by atoms with E-state index < -0.39 is 0 Å². The number of Topliss-reactive ketones (excluding diaryl/α,β-unsaturated/α-hetero) is 1. The van der Waals surface area contributed by atoms with Crippen molar-refractivity contribution in [1.82, 2.24) is 0 Å². The summed E-state index contributed by atoms with van der Waals surface area (Å²) in [5, 5.41) is 2.02. The molecule has 1 aromatic heterocycles.